The molecule has 36 heavy (non-hydrogen) atoms. The number of hydrogen-bond donors (Lipinski definition) is 1. The van der Waals surface area contributed by atoms with Crippen molar-refractivity contribution in [1.82, 2.24) is 0 Å². The molecular formula is C25H20ClF3N2O4S. The molecule has 3 aromatic rings. The van der Waals surface area contributed by atoms with Gasteiger partial charge in [-0.15, -0.1) is 0 Å². The molecule has 0 aliphatic heterocycles. The number of alkyl halides is 3. The quantitative estimate of drug-likeness (QED) is 0.303. The second-order valence-electron chi connectivity index (χ2n) is 7.39. The number of rotatable bonds is 8. The van der Waals surface area contributed by atoms with Gasteiger partial charge in [0, 0.05) is 5.56 Å². The molecule has 0 aromatic heterocycles. The molecule has 0 spiro atoms. The maximum atomic E-state index is 13.0. The zero-order valence-corrected chi connectivity index (χ0v) is 20.1. The molecule has 188 valence electrons. The van der Waals surface area contributed by atoms with Crippen molar-refractivity contribution >= 4 is 38.8 Å². The summed E-state index contributed by atoms with van der Waals surface area (Å²) in [5.74, 6) is -1.20. The molecule has 11 heteroatoms. The lowest BCUT2D eigenvalue weighted by atomic mass is 10.1. The third kappa shape index (κ3) is 7.19. The summed E-state index contributed by atoms with van der Waals surface area (Å²) >= 11 is 6.08. The highest BCUT2D eigenvalue weighted by atomic mass is 35.5. The van der Waals surface area contributed by atoms with Crippen LogP contribution < -0.4 is 5.73 Å². The molecule has 0 atom stereocenters. The lowest BCUT2D eigenvalue weighted by Crippen LogP contribution is -2.21. The summed E-state index contributed by atoms with van der Waals surface area (Å²) in [6, 6.07) is 19.4. The minimum Gasteiger partial charge on any atom is -0.461 e. The van der Waals surface area contributed by atoms with Gasteiger partial charge in [-0.25, -0.2) is 18.2 Å². The summed E-state index contributed by atoms with van der Waals surface area (Å²) in [5.41, 5.74) is 4.22. The number of esters is 1. The summed E-state index contributed by atoms with van der Waals surface area (Å²) in [6.45, 7) is -0.373. The van der Waals surface area contributed by atoms with E-state index < -0.39 is 33.4 Å². The van der Waals surface area contributed by atoms with Gasteiger partial charge in [0.2, 0.25) is 0 Å². The number of benzene rings is 3. The Balaban J connectivity index is 1.78. The number of sulfone groups is 1. The number of halogens is 4. The van der Waals surface area contributed by atoms with Crippen molar-refractivity contribution in [2.75, 3.05) is 12.4 Å². The van der Waals surface area contributed by atoms with Gasteiger partial charge in [-0.1, -0.05) is 54.1 Å². The van der Waals surface area contributed by atoms with E-state index in [9.17, 15) is 26.4 Å². The Hall–Kier alpha value is -3.63. The molecule has 3 rings (SSSR count). The first-order chi connectivity index (χ1) is 17.0. The number of carbonyl (C=O) groups excluding carboxylic acids is 1. The molecule has 0 aliphatic rings. The fraction of sp³-hybridized carbons (Fsp3) is 0.120. The topological polar surface area (TPSA) is 98.8 Å². The van der Waals surface area contributed by atoms with E-state index in [2.05, 4.69) is 4.99 Å². The Morgan fingerprint density at radius 3 is 2.14 bits per heavy atom. The number of hydrogen-bond acceptors (Lipinski definition) is 6. The maximum absolute atomic E-state index is 13.0. The average Bonchev–Trinajstić information content (AvgIpc) is 2.84. The minimum absolute atomic E-state index is 0.0701. The molecular weight excluding hydrogens is 517 g/mol. The Bertz CT molecular complexity index is 1390. The molecule has 0 heterocycles. The van der Waals surface area contributed by atoms with E-state index in [0.717, 1.165) is 0 Å². The van der Waals surface area contributed by atoms with Gasteiger partial charge in [0.1, 0.15) is 12.3 Å². The summed E-state index contributed by atoms with van der Waals surface area (Å²) < 4.78 is 68.8. The maximum Gasteiger partial charge on any atom is 0.430 e. The van der Waals surface area contributed by atoms with Crippen LogP contribution in [0.3, 0.4) is 0 Å². The normalized spacial score (nSPS) is 12.9. The third-order valence-corrected chi connectivity index (χ3v) is 6.83. The van der Waals surface area contributed by atoms with Crippen molar-refractivity contribution in [3.63, 3.8) is 0 Å². The molecule has 6 nitrogen and oxygen atoms in total. The highest BCUT2D eigenvalue weighted by Gasteiger charge is 2.31. The second kappa shape index (κ2) is 11.4. The van der Waals surface area contributed by atoms with Gasteiger partial charge in [-0.05, 0) is 42.5 Å². The van der Waals surface area contributed by atoms with Gasteiger partial charge in [-0.2, -0.15) is 13.2 Å². The molecule has 3 aromatic carbocycles. The summed E-state index contributed by atoms with van der Waals surface area (Å²) in [7, 11) is -3.63. The number of nitrogens with zero attached hydrogens (tertiary/aromatic N) is 1. The second-order valence-corrected chi connectivity index (χ2v) is 9.91. The van der Waals surface area contributed by atoms with Gasteiger partial charge in [0.15, 0.2) is 9.84 Å². The molecule has 0 amide bonds. The Labute approximate surface area is 210 Å². The first-order valence-electron chi connectivity index (χ1n) is 10.4. The predicted octanol–water partition coefficient (Wildman–Crippen LogP) is 5.50. The highest BCUT2D eigenvalue weighted by molar-refractivity contribution is 7.91. The van der Waals surface area contributed by atoms with Crippen LogP contribution in [0.4, 0.5) is 18.9 Å². The van der Waals surface area contributed by atoms with E-state index in [1.165, 1.54) is 48.5 Å². The van der Waals surface area contributed by atoms with Crippen LogP contribution in [0, 0.1) is 0 Å². The smallest absolute Gasteiger partial charge is 0.430 e. The van der Waals surface area contributed by atoms with Crippen molar-refractivity contribution in [3.8, 4) is 0 Å². The van der Waals surface area contributed by atoms with E-state index in [1.54, 1.807) is 30.3 Å². The van der Waals surface area contributed by atoms with Crippen molar-refractivity contribution in [1.29, 1.82) is 0 Å². The first-order valence-corrected chi connectivity index (χ1v) is 12.4. The molecule has 0 saturated carbocycles. The number of carbonyl (C=O) groups is 1. The van der Waals surface area contributed by atoms with Crippen LogP contribution in [0.25, 0.3) is 0 Å². The lowest BCUT2D eigenvalue weighted by Gasteiger charge is -2.10. The van der Waals surface area contributed by atoms with Gasteiger partial charge in [-0.3, -0.25) is 0 Å². The van der Waals surface area contributed by atoms with E-state index in [1.807, 2.05) is 0 Å². The van der Waals surface area contributed by atoms with Gasteiger partial charge in [0.25, 0.3) is 0 Å². The highest BCUT2D eigenvalue weighted by Crippen LogP contribution is 2.27. The predicted molar refractivity (Wildman–Crippen MR) is 131 cm³/mol. The minimum atomic E-state index is -4.77. The fourth-order valence-electron chi connectivity index (χ4n) is 2.93. The Morgan fingerprint density at radius 2 is 1.53 bits per heavy atom. The number of allylic oxidation sites excluding steroid dienone is 2. The number of aliphatic imine (C=N–C) groups is 1. The van der Waals surface area contributed by atoms with Crippen LogP contribution >= 0.6 is 11.6 Å². The standard InChI is InChI=1S/C25H20ClF3N2O4S/c26-20-8-4-5-9-21(20)31-22(16-23(30)25(27,28)29)17-10-12-18(13-11-17)24(32)35-14-15-36(33,34)19-6-2-1-3-7-19/h1-13,16H,14-15,30H2. The van der Waals surface area contributed by atoms with Gasteiger partial charge >= 0.3 is 12.1 Å². The van der Waals surface area contributed by atoms with E-state index >= 15 is 0 Å². The molecule has 0 saturated heterocycles. The Morgan fingerprint density at radius 1 is 0.944 bits per heavy atom. The Kier molecular flexibility index (Phi) is 8.54. The van der Waals surface area contributed by atoms with Crippen molar-refractivity contribution in [2.45, 2.75) is 11.1 Å². The van der Waals surface area contributed by atoms with Crippen LogP contribution in [0.1, 0.15) is 15.9 Å². The van der Waals surface area contributed by atoms with Gasteiger partial charge < -0.3 is 10.5 Å². The van der Waals surface area contributed by atoms with E-state index in [-0.39, 0.29) is 39.1 Å². The molecule has 0 radical (unpaired) electrons. The summed E-state index contributed by atoms with van der Waals surface area (Å²) in [5, 5.41) is 0.222. The number of ether oxygens (including phenoxy) is 1. The summed E-state index contributed by atoms with van der Waals surface area (Å²) in [4.78, 5) is 16.7. The molecule has 0 unspecified atom stereocenters. The monoisotopic (exact) mass is 536 g/mol. The summed E-state index contributed by atoms with van der Waals surface area (Å²) in [6.07, 6.45) is -4.10. The largest absolute Gasteiger partial charge is 0.461 e. The van der Waals surface area contributed by atoms with E-state index in [4.69, 9.17) is 22.1 Å². The number of para-hydroxylation sites is 1. The van der Waals surface area contributed by atoms with Crippen molar-refractivity contribution in [2.24, 2.45) is 10.7 Å². The molecule has 0 bridgehead atoms. The van der Waals surface area contributed by atoms with Crippen LogP contribution in [-0.2, 0) is 14.6 Å². The fourth-order valence-corrected chi connectivity index (χ4v) is 4.22. The van der Waals surface area contributed by atoms with Gasteiger partial charge in [0.05, 0.1) is 32.6 Å². The third-order valence-electron chi connectivity index (χ3n) is 4.82. The molecule has 0 fully saturated rings. The molecule has 0 aliphatic carbocycles. The zero-order valence-electron chi connectivity index (χ0n) is 18.6. The van der Waals surface area contributed by atoms with Crippen LogP contribution in [0.15, 0.2) is 101 Å². The zero-order chi connectivity index (χ0) is 26.3. The first kappa shape index (κ1) is 27.0. The van der Waals surface area contributed by atoms with E-state index in [0.29, 0.717) is 6.08 Å². The number of nitrogens with two attached hydrogens (primary N) is 1. The average molecular weight is 537 g/mol. The lowest BCUT2D eigenvalue weighted by molar-refractivity contribution is -0.0925. The van der Waals surface area contributed by atoms with Crippen LogP contribution in [0.2, 0.25) is 5.02 Å². The SMILES string of the molecule is NC(=CC(=Nc1ccccc1Cl)c1ccc(C(=O)OCCS(=O)(=O)c2ccccc2)cc1)C(F)(F)F. The van der Waals surface area contributed by atoms with Crippen LogP contribution in [0.5, 0.6) is 0 Å². The van der Waals surface area contributed by atoms with Crippen LogP contribution in [-0.4, -0.2) is 38.6 Å². The van der Waals surface area contributed by atoms with Crippen molar-refractivity contribution in [3.05, 3.63) is 107 Å². The van der Waals surface area contributed by atoms with Crippen molar-refractivity contribution < 1.29 is 31.1 Å². The molecule has 2 N–H and O–H groups in total.